The quantitative estimate of drug-likeness (QED) is 0.495. The minimum absolute atomic E-state index is 0.0210. The summed E-state index contributed by atoms with van der Waals surface area (Å²) in [7, 11) is 0. The smallest absolute Gasteiger partial charge is 0.415 e. The molecule has 0 bridgehead atoms. The fraction of sp³-hybridized carbons (Fsp3) is 0.0667. The summed E-state index contributed by atoms with van der Waals surface area (Å²) in [5.41, 5.74) is 0.332. The molecule has 0 N–H and O–H groups in total. The van der Waals surface area contributed by atoms with Crippen molar-refractivity contribution in [3.63, 3.8) is 0 Å². The molecule has 3 aromatic heterocycles. The molecule has 4 aromatic rings. The average Bonchev–Trinajstić information content (AvgIpc) is 3.20. The van der Waals surface area contributed by atoms with Gasteiger partial charge in [-0.25, -0.2) is 9.50 Å². The lowest BCUT2D eigenvalue weighted by Crippen LogP contribution is -2.04. The van der Waals surface area contributed by atoms with Gasteiger partial charge in [-0.3, -0.25) is 0 Å². The van der Waals surface area contributed by atoms with Gasteiger partial charge in [-0.15, -0.1) is 10.2 Å². The van der Waals surface area contributed by atoms with Crippen molar-refractivity contribution in [2.24, 2.45) is 0 Å². The molecule has 0 saturated heterocycles. The zero-order chi connectivity index (χ0) is 17.6. The Morgan fingerprint density at radius 3 is 2.68 bits per heavy atom. The summed E-state index contributed by atoms with van der Waals surface area (Å²) < 4.78 is 46.2. The van der Waals surface area contributed by atoms with Gasteiger partial charge in [0, 0.05) is 24.0 Å². The van der Waals surface area contributed by atoms with Crippen molar-refractivity contribution in [2.45, 2.75) is 6.18 Å². The second-order valence-electron chi connectivity index (χ2n) is 5.10. The van der Waals surface area contributed by atoms with Crippen molar-refractivity contribution in [3.8, 4) is 23.0 Å². The zero-order valence-corrected chi connectivity index (χ0v) is 13.8. The zero-order valence-electron chi connectivity index (χ0n) is 12.2. The summed E-state index contributed by atoms with van der Waals surface area (Å²) in [5.74, 6) is 0.0707. The van der Waals surface area contributed by atoms with Crippen LogP contribution >= 0.6 is 15.9 Å². The monoisotopic (exact) mass is 409 g/mol. The molecule has 0 spiro atoms. The molecule has 0 aliphatic rings. The number of fused-ring (bicyclic) bond motifs is 1. The molecule has 3 heterocycles. The van der Waals surface area contributed by atoms with Crippen LogP contribution in [0, 0.1) is 0 Å². The molecule has 4 rings (SSSR count). The van der Waals surface area contributed by atoms with E-state index >= 15 is 0 Å². The normalized spacial score (nSPS) is 12.0. The Balaban J connectivity index is 1.72. The van der Waals surface area contributed by atoms with E-state index < -0.39 is 11.7 Å². The van der Waals surface area contributed by atoms with Crippen molar-refractivity contribution in [2.75, 3.05) is 0 Å². The molecule has 6 nitrogen and oxygen atoms in total. The SMILES string of the molecule is FC(F)(F)c1cccc(-c2nnc(-c3cc4ncc(Br)cn4n3)o2)c1. The first-order valence-corrected chi connectivity index (χ1v) is 7.72. The Bertz CT molecular complexity index is 1070. The topological polar surface area (TPSA) is 69.1 Å². The molecule has 0 fully saturated rings. The maximum Gasteiger partial charge on any atom is 0.416 e. The van der Waals surface area contributed by atoms with Crippen LogP contribution < -0.4 is 0 Å². The summed E-state index contributed by atoms with van der Waals surface area (Å²) in [4.78, 5) is 4.17. The van der Waals surface area contributed by atoms with Gasteiger partial charge in [0.1, 0.15) is 0 Å². The highest BCUT2D eigenvalue weighted by Crippen LogP contribution is 2.32. The number of benzene rings is 1. The third kappa shape index (κ3) is 3.00. The summed E-state index contributed by atoms with van der Waals surface area (Å²) >= 11 is 3.29. The van der Waals surface area contributed by atoms with Crippen molar-refractivity contribution >= 4 is 21.6 Å². The van der Waals surface area contributed by atoms with E-state index in [1.807, 2.05) is 0 Å². The van der Waals surface area contributed by atoms with E-state index in [1.165, 1.54) is 16.6 Å². The van der Waals surface area contributed by atoms with Crippen LogP contribution in [0.5, 0.6) is 0 Å². The molecule has 0 unspecified atom stereocenters. The molecule has 0 aliphatic carbocycles. The van der Waals surface area contributed by atoms with Gasteiger partial charge >= 0.3 is 6.18 Å². The fourth-order valence-corrected chi connectivity index (χ4v) is 2.53. The van der Waals surface area contributed by atoms with Gasteiger partial charge < -0.3 is 4.42 Å². The lowest BCUT2D eigenvalue weighted by Gasteiger charge is -2.06. The van der Waals surface area contributed by atoms with E-state index in [-0.39, 0.29) is 17.3 Å². The van der Waals surface area contributed by atoms with Gasteiger partial charge in [0.2, 0.25) is 5.89 Å². The van der Waals surface area contributed by atoms with Crippen molar-refractivity contribution < 1.29 is 17.6 Å². The maximum atomic E-state index is 12.8. The minimum Gasteiger partial charge on any atom is -0.415 e. The predicted octanol–water partition coefficient (Wildman–Crippen LogP) is 4.23. The van der Waals surface area contributed by atoms with E-state index in [1.54, 1.807) is 18.5 Å². The van der Waals surface area contributed by atoms with Gasteiger partial charge in [-0.2, -0.15) is 18.3 Å². The van der Waals surface area contributed by atoms with Crippen molar-refractivity contribution in [1.29, 1.82) is 0 Å². The number of rotatable bonds is 2. The van der Waals surface area contributed by atoms with E-state index in [2.05, 4.69) is 36.2 Å². The Labute approximate surface area is 146 Å². The van der Waals surface area contributed by atoms with Crippen LogP contribution in [-0.4, -0.2) is 24.8 Å². The van der Waals surface area contributed by atoms with Crippen LogP contribution in [0.2, 0.25) is 0 Å². The van der Waals surface area contributed by atoms with Crippen LogP contribution in [-0.2, 0) is 6.18 Å². The Hall–Kier alpha value is -2.75. The molecule has 1 aromatic carbocycles. The molecule has 0 radical (unpaired) electrons. The molecule has 10 heteroatoms. The Morgan fingerprint density at radius 1 is 1.08 bits per heavy atom. The number of nitrogens with zero attached hydrogens (tertiary/aromatic N) is 5. The fourth-order valence-electron chi connectivity index (χ4n) is 2.23. The molecule has 0 atom stereocenters. The van der Waals surface area contributed by atoms with Crippen LogP contribution in [0.4, 0.5) is 13.2 Å². The lowest BCUT2D eigenvalue weighted by atomic mass is 10.1. The third-order valence-electron chi connectivity index (χ3n) is 3.36. The molecule has 0 saturated carbocycles. The maximum absolute atomic E-state index is 12.8. The highest BCUT2D eigenvalue weighted by molar-refractivity contribution is 9.10. The number of hydrogen-bond donors (Lipinski definition) is 0. The van der Waals surface area contributed by atoms with Crippen LogP contribution in [0.15, 0.2) is 51.6 Å². The predicted molar refractivity (Wildman–Crippen MR) is 84.4 cm³/mol. The van der Waals surface area contributed by atoms with Crippen molar-refractivity contribution in [1.82, 2.24) is 24.8 Å². The Morgan fingerprint density at radius 2 is 1.88 bits per heavy atom. The number of hydrogen-bond acceptors (Lipinski definition) is 5. The Kier molecular flexibility index (Phi) is 3.57. The van der Waals surface area contributed by atoms with Crippen LogP contribution in [0.1, 0.15) is 5.56 Å². The van der Waals surface area contributed by atoms with Crippen LogP contribution in [0.25, 0.3) is 28.7 Å². The lowest BCUT2D eigenvalue weighted by molar-refractivity contribution is -0.137. The number of halogens is 4. The van der Waals surface area contributed by atoms with Gasteiger partial charge in [0.05, 0.1) is 10.0 Å². The van der Waals surface area contributed by atoms with E-state index in [4.69, 9.17) is 4.42 Å². The first-order valence-electron chi connectivity index (χ1n) is 6.92. The summed E-state index contributed by atoms with van der Waals surface area (Å²) in [6.45, 7) is 0. The molecule has 25 heavy (non-hydrogen) atoms. The standard InChI is InChI=1S/C15H7BrF3N5O/c16-10-6-20-12-5-11(23-24(12)7-10)14-22-21-13(25-14)8-2-1-3-9(4-8)15(17,18)19/h1-7H. The van der Waals surface area contributed by atoms with Gasteiger partial charge in [-0.05, 0) is 34.1 Å². The van der Waals surface area contributed by atoms with E-state index in [9.17, 15) is 13.2 Å². The molecule has 0 aliphatic heterocycles. The highest BCUT2D eigenvalue weighted by Gasteiger charge is 2.31. The highest BCUT2D eigenvalue weighted by atomic mass is 79.9. The first-order chi connectivity index (χ1) is 11.9. The minimum atomic E-state index is -4.44. The van der Waals surface area contributed by atoms with Crippen molar-refractivity contribution in [3.05, 3.63) is 52.8 Å². The molecule has 126 valence electrons. The number of alkyl halides is 3. The van der Waals surface area contributed by atoms with E-state index in [0.717, 1.165) is 16.6 Å². The second-order valence-corrected chi connectivity index (χ2v) is 6.01. The van der Waals surface area contributed by atoms with Crippen LogP contribution in [0.3, 0.4) is 0 Å². The number of aromatic nitrogens is 5. The summed E-state index contributed by atoms with van der Waals surface area (Å²) in [5, 5.41) is 11.9. The van der Waals surface area contributed by atoms with Gasteiger partial charge in [-0.1, -0.05) is 6.07 Å². The summed E-state index contributed by atoms with van der Waals surface area (Å²) in [6, 6.07) is 6.32. The molecule has 0 amide bonds. The van der Waals surface area contributed by atoms with Gasteiger partial charge in [0.15, 0.2) is 11.3 Å². The average molecular weight is 410 g/mol. The largest absolute Gasteiger partial charge is 0.416 e. The third-order valence-corrected chi connectivity index (χ3v) is 3.77. The summed E-state index contributed by atoms with van der Waals surface area (Å²) in [6.07, 6.45) is -1.13. The molecular formula is C15H7BrF3N5O. The van der Waals surface area contributed by atoms with Gasteiger partial charge in [0.25, 0.3) is 5.89 Å². The first kappa shape index (κ1) is 15.8. The van der Waals surface area contributed by atoms with E-state index in [0.29, 0.717) is 11.3 Å². The molecular weight excluding hydrogens is 403 g/mol. The second kappa shape index (κ2) is 5.66.